The lowest BCUT2D eigenvalue weighted by Gasteiger charge is -2.28. The van der Waals surface area contributed by atoms with Crippen molar-refractivity contribution in [2.24, 2.45) is 0 Å². The van der Waals surface area contributed by atoms with Crippen molar-refractivity contribution in [1.29, 1.82) is 0 Å². The number of halogens is 1. The number of anilines is 1. The smallest absolute Gasteiger partial charge is 0.159 e. The van der Waals surface area contributed by atoms with Gasteiger partial charge in [0, 0.05) is 28.7 Å². The molecule has 0 fully saturated rings. The molecule has 0 aliphatic carbocycles. The molecule has 3 nitrogen and oxygen atoms in total. The van der Waals surface area contributed by atoms with Crippen molar-refractivity contribution in [3.05, 3.63) is 30.5 Å². The summed E-state index contributed by atoms with van der Waals surface area (Å²) in [6.45, 7) is 5.38. The summed E-state index contributed by atoms with van der Waals surface area (Å²) in [6.07, 6.45) is 2.92. The van der Waals surface area contributed by atoms with E-state index < -0.39 is 0 Å². The van der Waals surface area contributed by atoms with Crippen LogP contribution in [0.3, 0.4) is 0 Å². The Bertz CT molecular complexity index is 508. The molecule has 0 bridgehead atoms. The first-order chi connectivity index (χ1) is 8.74. The van der Waals surface area contributed by atoms with E-state index in [0.717, 1.165) is 29.5 Å². The standard InChI is InChI=1S/C14H18BrN3/c1-11(2)18(9-5-8-15)14-13-7-4-3-6-12(13)10-16-17-14/h3-4,6-7,10-11H,5,8-9H2,1-2H3. The molecule has 2 aromatic rings. The maximum absolute atomic E-state index is 4.34. The fraction of sp³-hybridized carbons (Fsp3) is 0.429. The summed E-state index contributed by atoms with van der Waals surface area (Å²) >= 11 is 3.49. The summed E-state index contributed by atoms with van der Waals surface area (Å²) < 4.78 is 0. The van der Waals surface area contributed by atoms with Crippen LogP contribution in [0, 0.1) is 0 Å². The predicted molar refractivity (Wildman–Crippen MR) is 80.4 cm³/mol. The normalized spacial score (nSPS) is 11.1. The lowest BCUT2D eigenvalue weighted by atomic mass is 10.1. The van der Waals surface area contributed by atoms with E-state index in [4.69, 9.17) is 0 Å². The van der Waals surface area contributed by atoms with Gasteiger partial charge in [-0.1, -0.05) is 40.2 Å². The molecule has 0 atom stereocenters. The van der Waals surface area contributed by atoms with E-state index in [0.29, 0.717) is 6.04 Å². The van der Waals surface area contributed by atoms with Crippen molar-refractivity contribution in [3.8, 4) is 0 Å². The first-order valence-electron chi connectivity index (χ1n) is 6.27. The third kappa shape index (κ3) is 2.80. The summed E-state index contributed by atoms with van der Waals surface area (Å²) in [5.74, 6) is 0.990. The monoisotopic (exact) mass is 307 g/mol. The molecule has 4 heteroatoms. The van der Waals surface area contributed by atoms with Gasteiger partial charge in [0.15, 0.2) is 5.82 Å². The highest BCUT2D eigenvalue weighted by Crippen LogP contribution is 2.24. The van der Waals surface area contributed by atoms with Gasteiger partial charge in [-0.2, -0.15) is 5.10 Å². The second-order valence-electron chi connectivity index (χ2n) is 4.59. The minimum absolute atomic E-state index is 0.421. The SMILES string of the molecule is CC(C)N(CCCBr)c1nncc2ccccc12. The summed E-state index contributed by atoms with van der Waals surface area (Å²) in [4.78, 5) is 2.32. The maximum atomic E-state index is 4.34. The molecule has 0 aliphatic heterocycles. The van der Waals surface area contributed by atoms with Crippen molar-refractivity contribution >= 4 is 32.5 Å². The quantitative estimate of drug-likeness (QED) is 0.790. The highest BCUT2D eigenvalue weighted by molar-refractivity contribution is 9.09. The van der Waals surface area contributed by atoms with E-state index in [1.807, 2.05) is 12.3 Å². The van der Waals surface area contributed by atoms with Gasteiger partial charge in [-0.3, -0.25) is 0 Å². The molecule has 96 valence electrons. The molecule has 0 N–H and O–H groups in total. The van der Waals surface area contributed by atoms with Gasteiger partial charge in [-0.25, -0.2) is 0 Å². The van der Waals surface area contributed by atoms with E-state index in [1.54, 1.807) is 0 Å². The largest absolute Gasteiger partial charge is 0.352 e. The molecule has 0 saturated carbocycles. The van der Waals surface area contributed by atoms with Crippen molar-refractivity contribution in [2.75, 3.05) is 16.8 Å². The topological polar surface area (TPSA) is 29.0 Å². The van der Waals surface area contributed by atoms with Gasteiger partial charge in [-0.05, 0) is 20.3 Å². The summed E-state index contributed by atoms with van der Waals surface area (Å²) in [5, 5.41) is 11.8. The summed E-state index contributed by atoms with van der Waals surface area (Å²) in [6, 6.07) is 8.70. The highest BCUT2D eigenvalue weighted by atomic mass is 79.9. The van der Waals surface area contributed by atoms with Crippen LogP contribution in [0.1, 0.15) is 20.3 Å². The van der Waals surface area contributed by atoms with Crippen LogP contribution in [-0.2, 0) is 0 Å². The lowest BCUT2D eigenvalue weighted by Crippen LogP contribution is -2.33. The first kappa shape index (κ1) is 13.3. The van der Waals surface area contributed by atoms with Crippen LogP contribution in [0.5, 0.6) is 0 Å². The van der Waals surface area contributed by atoms with Gasteiger partial charge in [0.05, 0.1) is 6.20 Å². The van der Waals surface area contributed by atoms with Gasteiger partial charge in [0.2, 0.25) is 0 Å². The van der Waals surface area contributed by atoms with Gasteiger partial charge in [0.25, 0.3) is 0 Å². The molecule has 18 heavy (non-hydrogen) atoms. The van der Waals surface area contributed by atoms with E-state index in [9.17, 15) is 0 Å². The van der Waals surface area contributed by atoms with Crippen molar-refractivity contribution < 1.29 is 0 Å². The van der Waals surface area contributed by atoms with Crippen LogP contribution in [-0.4, -0.2) is 28.1 Å². The van der Waals surface area contributed by atoms with E-state index in [1.165, 1.54) is 5.39 Å². The zero-order valence-electron chi connectivity index (χ0n) is 10.8. The van der Waals surface area contributed by atoms with Crippen LogP contribution in [0.2, 0.25) is 0 Å². The predicted octanol–water partition coefficient (Wildman–Crippen LogP) is 3.63. The molecular formula is C14H18BrN3. The van der Waals surface area contributed by atoms with Gasteiger partial charge in [0.1, 0.15) is 0 Å². The maximum Gasteiger partial charge on any atom is 0.159 e. The Hall–Kier alpha value is -1.16. The number of aromatic nitrogens is 2. The molecule has 0 unspecified atom stereocenters. The zero-order chi connectivity index (χ0) is 13.0. The molecule has 1 heterocycles. The third-order valence-electron chi connectivity index (χ3n) is 2.98. The number of hydrogen-bond donors (Lipinski definition) is 0. The van der Waals surface area contributed by atoms with Crippen molar-refractivity contribution in [3.63, 3.8) is 0 Å². The van der Waals surface area contributed by atoms with Crippen molar-refractivity contribution in [2.45, 2.75) is 26.3 Å². The first-order valence-corrected chi connectivity index (χ1v) is 7.39. The minimum Gasteiger partial charge on any atom is -0.352 e. The molecule has 0 amide bonds. The molecule has 2 rings (SSSR count). The number of nitrogens with zero attached hydrogens (tertiary/aromatic N) is 3. The highest BCUT2D eigenvalue weighted by Gasteiger charge is 2.14. The Kier molecular flexibility index (Phi) is 4.53. The van der Waals surface area contributed by atoms with Gasteiger partial charge >= 0.3 is 0 Å². The molecule has 0 radical (unpaired) electrons. The van der Waals surface area contributed by atoms with Crippen molar-refractivity contribution in [1.82, 2.24) is 10.2 Å². The fourth-order valence-corrected chi connectivity index (χ4v) is 2.31. The van der Waals surface area contributed by atoms with Crippen LogP contribution in [0.15, 0.2) is 30.5 Å². The third-order valence-corrected chi connectivity index (χ3v) is 3.54. The summed E-state index contributed by atoms with van der Waals surface area (Å²) in [7, 11) is 0. The van der Waals surface area contributed by atoms with Crippen LogP contribution in [0.25, 0.3) is 10.8 Å². The number of benzene rings is 1. The van der Waals surface area contributed by atoms with Crippen LogP contribution >= 0.6 is 15.9 Å². The lowest BCUT2D eigenvalue weighted by molar-refractivity contribution is 0.662. The Labute approximate surface area is 116 Å². The van der Waals surface area contributed by atoms with Gasteiger partial charge < -0.3 is 4.90 Å². The molecule has 1 aromatic heterocycles. The van der Waals surface area contributed by atoms with E-state index in [2.05, 4.69) is 63.1 Å². The molecule has 0 spiro atoms. The summed E-state index contributed by atoms with van der Waals surface area (Å²) in [5.41, 5.74) is 0. The second kappa shape index (κ2) is 6.14. The Morgan fingerprint density at radius 2 is 2.06 bits per heavy atom. The number of alkyl halides is 1. The number of rotatable bonds is 5. The van der Waals surface area contributed by atoms with E-state index in [-0.39, 0.29) is 0 Å². The minimum atomic E-state index is 0.421. The molecule has 0 saturated heterocycles. The Morgan fingerprint density at radius 3 is 2.78 bits per heavy atom. The molecule has 0 aliphatic rings. The van der Waals surface area contributed by atoms with Gasteiger partial charge in [-0.15, -0.1) is 5.10 Å². The molecule has 1 aromatic carbocycles. The average Bonchev–Trinajstić information content (AvgIpc) is 2.39. The average molecular weight is 308 g/mol. The molecular weight excluding hydrogens is 290 g/mol. The number of hydrogen-bond acceptors (Lipinski definition) is 3. The fourth-order valence-electron chi connectivity index (χ4n) is 2.06. The second-order valence-corrected chi connectivity index (χ2v) is 5.38. The van der Waals surface area contributed by atoms with E-state index >= 15 is 0 Å². The number of fused-ring (bicyclic) bond motifs is 1. The zero-order valence-corrected chi connectivity index (χ0v) is 12.4. The Morgan fingerprint density at radius 1 is 1.28 bits per heavy atom. The Balaban J connectivity index is 2.43. The van der Waals surface area contributed by atoms with Crippen LogP contribution < -0.4 is 4.90 Å². The van der Waals surface area contributed by atoms with Crippen LogP contribution in [0.4, 0.5) is 5.82 Å².